The van der Waals surface area contributed by atoms with Gasteiger partial charge in [0.25, 0.3) is 0 Å². The molecule has 0 radical (unpaired) electrons. The second kappa shape index (κ2) is 7.09. The van der Waals surface area contributed by atoms with Gasteiger partial charge in [-0.25, -0.2) is 0 Å². The molecule has 2 aromatic rings. The number of carbonyl (C=O) groups excluding carboxylic acids is 1. The van der Waals surface area contributed by atoms with Crippen LogP contribution in [0.5, 0.6) is 11.5 Å². The Morgan fingerprint density at radius 1 is 1.05 bits per heavy atom. The summed E-state index contributed by atoms with van der Waals surface area (Å²) in [5.74, 6) is 1.11. The molecule has 0 N–H and O–H groups in total. The summed E-state index contributed by atoms with van der Waals surface area (Å²) in [6, 6.07) is 11.1. The Kier molecular flexibility index (Phi) is 5.42. The lowest BCUT2D eigenvalue weighted by Gasteiger charge is -2.13. The number of ketones is 1. The van der Waals surface area contributed by atoms with Gasteiger partial charge in [0.05, 0.1) is 19.8 Å². The quantitative estimate of drug-likeness (QED) is 0.669. The first kappa shape index (κ1) is 16.0. The summed E-state index contributed by atoms with van der Waals surface area (Å²) < 4.78 is 12.1. The van der Waals surface area contributed by atoms with Crippen molar-refractivity contribution >= 4 is 37.6 Å². The first-order chi connectivity index (χ1) is 10.1. The minimum Gasteiger partial charge on any atom is -0.495 e. The molecule has 110 valence electrons. The maximum atomic E-state index is 12.5. The zero-order chi connectivity index (χ0) is 15.4. The van der Waals surface area contributed by atoms with Crippen molar-refractivity contribution in [2.75, 3.05) is 14.2 Å². The third-order valence-corrected chi connectivity index (χ3v) is 4.62. The van der Waals surface area contributed by atoms with Gasteiger partial charge in [-0.2, -0.15) is 0 Å². The molecule has 0 amide bonds. The molecule has 0 unspecified atom stereocenters. The molecule has 21 heavy (non-hydrogen) atoms. The van der Waals surface area contributed by atoms with E-state index in [0.717, 1.165) is 10.0 Å². The van der Waals surface area contributed by atoms with Crippen molar-refractivity contribution < 1.29 is 14.3 Å². The minimum absolute atomic E-state index is 0.0119. The van der Waals surface area contributed by atoms with Gasteiger partial charge in [-0.15, -0.1) is 0 Å². The monoisotopic (exact) mass is 412 g/mol. The molecule has 0 spiro atoms. The Morgan fingerprint density at radius 3 is 2.38 bits per heavy atom. The lowest BCUT2D eigenvalue weighted by molar-refractivity contribution is 0.0989. The lowest BCUT2D eigenvalue weighted by Crippen LogP contribution is -2.07. The molecular weight excluding hydrogens is 400 g/mol. The number of rotatable bonds is 5. The van der Waals surface area contributed by atoms with Crippen LogP contribution in [0.25, 0.3) is 0 Å². The van der Waals surface area contributed by atoms with Crippen LogP contribution < -0.4 is 9.47 Å². The van der Waals surface area contributed by atoms with Crippen molar-refractivity contribution in [2.45, 2.75) is 6.42 Å². The Balaban J connectivity index is 2.36. The van der Waals surface area contributed by atoms with Crippen molar-refractivity contribution in [3.8, 4) is 11.5 Å². The summed E-state index contributed by atoms with van der Waals surface area (Å²) in [4.78, 5) is 12.5. The largest absolute Gasteiger partial charge is 0.495 e. The molecule has 0 bridgehead atoms. The first-order valence-electron chi connectivity index (χ1n) is 6.25. The highest BCUT2D eigenvalue weighted by Gasteiger charge is 2.19. The van der Waals surface area contributed by atoms with Crippen LogP contribution in [0.4, 0.5) is 0 Å². The van der Waals surface area contributed by atoms with E-state index in [2.05, 4.69) is 31.9 Å². The molecule has 0 saturated heterocycles. The van der Waals surface area contributed by atoms with E-state index in [9.17, 15) is 4.79 Å². The molecule has 0 fully saturated rings. The molecule has 0 aliphatic rings. The zero-order valence-electron chi connectivity index (χ0n) is 11.7. The fraction of sp³-hybridized carbons (Fsp3) is 0.188. The number of ether oxygens (including phenoxy) is 2. The fourth-order valence-corrected chi connectivity index (χ4v) is 3.12. The van der Waals surface area contributed by atoms with Gasteiger partial charge < -0.3 is 9.47 Å². The number of benzene rings is 2. The van der Waals surface area contributed by atoms with E-state index in [1.54, 1.807) is 19.2 Å². The van der Waals surface area contributed by atoms with Crippen LogP contribution in [0.2, 0.25) is 0 Å². The smallest absolute Gasteiger partial charge is 0.171 e. The zero-order valence-corrected chi connectivity index (χ0v) is 14.8. The summed E-state index contributed by atoms with van der Waals surface area (Å²) in [5, 5.41) is 0. The highest BCUT2D eigenvalue weighted by molar-refractivity contribution is 9.11. The van der Waals surface area contributed by atoms with Gasteiger partial charge in [0.15, 0.2) is 5.78 Å². The van der Waals surface area contributed by atoms with E-state index in [0.29, 0.717) is 28.0 Å². The van der Waals surface area contributed by atoms with E-state index in [4.69, 9.17) is 9.47 Å². The van der Waals surface area contributed by atoms with Crippen molar-refractivity contribution in [3.63, 3.8) is 0 Å². The van der Waals surface area contributed by atoms with Gasteiger partial charge >= 0.3 is 0 Å². The highest BCUT2D eigenvalue weighted by Crippen LogP contribution is 2.37. The Bertz CT molecular complexity index is 669. The summed E-state index contributed by atoms with van der Waals surface area (Å²) in [5.41, 5.74) is 1.47. The van der Waals surface area contributed by atoms with E-state index >= 15 is 0 Å². The number of halogens is 2. The van der Waals surface area contributed by atoms with Crippen molar-refractivity contribution in [2.24, 2.45) is 0 Å². The number of Topliss-reactive ketones (excluding diaryl/α,β-unsaturated/α-hetero) is 1. The average molecular weight is 414 g/mol. The Hall–Kier alpha value is -1.33. The molecule has 3 nitrogen and oxygen atoms in total. The molecule has 0 atom stereocenters. The molecule has 0 aliphatic carbocycles. The fourth-order valence-electron chi connectivity index (χ4n) is 2.02. The maximum absolute atomic E-state index is 12.5. The van der Waals surface area contributed by atoms with Gasteiger partial charge in [-0.1, -0.05) is 34.1 Å². The third kappa shape index (κ3) is 3.47. The summed E-state index contributed by atoms with van der Waals surface area (Å²) in [7, 11) is 3.11. The van der Waals surface area contributed by atoms with Crippen molar-refractivity contribution in [1.29, 1.82) is 0 Å². The van der Waals surface area contributed by atoms with Gasteiger partial charge in [0.2, 0.25) is 0 Å². The Morgan fingerprint density at radius 2 is 1.76 bits per heavy atom. The minimum atomic E-state index is -0.0119. The van der Waals surface area contributed by atoms with Gasteiger partial charge in [0.1, 0.15) is 16.0 Å². The molecule has 2 aromatic carbocycles. The molecule has 2 rings (SSSR count). The summed E-state index contributed by atoms with van der Waals surface area (Å²) in [6.45, 7) is 0. The molecule has 0 heterocycles. The second-order valence-corrected chi connectivity index (χ2v) is 6.00. The van der Waals surface area contributed by atoms with Crippen LogP contribution >= 0.6 is 31.9 Å². The predicted octanol–water partition coefficient (Wildman–Crippen LogP) is 4.65. The molecule has 0 aromatic heterocycles. The van der Waals surface area contributed by atoms with Crippen LogP contribution in [0.3, 0.4) is 0 Å². The van der Waals surface area contributed by atoms with E-state index < -0.39 is 0 Å². The number of carbonyl (C=O) groups is 1. The van der Waals surface area contributed by atoms with Crippen molar-refractivity contribution in [1.82, 2.24) is 0 Å². The van der Waals surface area contributed by atoms with Crippen LogP contribution in [-0.4, -0.2) is 20.0 Å². The molecule has 0 aliphatic heterocycles. The van der Waals surface area contributed by atoms with Gasteiger partial charge in [0, 0.05) is 10.9 Å². The Labute approximate surface area is 140 Å². The standard InChI is InChI=1S/C16H14Br2O3/c1-20-14-8-7-11(16(21-2)15(14)18)13(19)9-10-5-3-4-6-12(10)17/h3-8H,9H2,1-2H3. The normalized spacial score (nSPS) is 10.3. The predicted molar refractivity (Wildman–Crippen MR) is 89.4 cm³/mol. The van der Waals surface area contributed by atoms with E-state index in [1.165, 1.54) is 7.11 Å². The van der Waals surface area contributed by atoms with Crippen LogP contribution in [-0.2, 0) is 6.42 Å². The lowest BCUT2D eigenvalue weighted by atomic mass is 10.0. The van der Waals surface area contributed by atoms with Crippen LogP contribution in [0.1, 0.15) is 15.9 Å². The topological polar surface area (TPSA) is 35.5 Å². The highest BCUT2D eigenvalue weighted by atomic mass is 79.9. The maximum Gasteiger partial charge on any atom is 0.171 e. The summed E-state index contributed by atoms with van der Waals surface area (Å²) >= 11 is 6.87. The first-order valence-corrected chi connectivity index (χ1v) is 7.84. The van der Waals surface area contributed by atoms with Gasteiger partial charge in [-0.05, 0) is 39.7 Å². The van der Waals surface area contributed by atoms with E-state index in [1.807, 2.05) is 24.3 Å². The van der Waals surface area contributed by atoms with Crippen molar-refractivity contribution in [3.05, 3.63) is 56.5 Å². The third-order valence-electron chi connectivity index (χ3n) is 3.09. The molecule has 5 heteroatoms. The molecular formula is C16H14Br2O3. The van der Waals surface area contributed by atoms with Crippen LogP contribution in [0, 0.1) is 0 Å². The summed E-state index contributed by atoms with van der Waals surface area (Å²) in [6.07, 6.45) is 0.302. The number of methoxy groups -OCH3 is 2. The second-order valence-electron chi connectivity index (χ2n) is 4.35. The van der Waals surface area contributed by atoms with E-state index in [-0.39, 0.29) is 5.78 Å². The van der Waals surface area contributed by atoms with Gasteiger partial charge in [-0.3, -0.25) is 4.79 Å². The van der Waals surface area contributed by atoms with Crippen LogP contribution in [0.15, 0.2) is 45.3 Å². The molecule has 0 saturated carbocycles. The average Bonchev–Trinajstić information content (AvgIpc) is 2.49. The number of hydrogen-bond acceptors (Lipinski definition) is 3. The SMILES string of the molecule is COc1ccc(C(=O)Cc2ccccc2Br)c(OC)c1Br. The number of hydrogen-bond donors (Lipinski definition) is 0.